The van der Waals surface area contributed by atoms with Crippen LogP contribution in [0, 0.1) is 0 Å². The summed E-state index contributed by atoms with van der Waals surface area (Å²) >= 11 is 0. The Kier molecular flexibility index (Phi) is 61.5. The molecule has 3 unspecified atom stereocenters. The molecular weight excluding hydrogens is 1050 g/mol. The van der Waals surface area contributed by atoms with Crippen LogP contribution in [-0.2, 0) is 27.9 Å². The van der Waals surface area contributed by atoms with E-state index in [0.29, 0.717) is 17.4 Å². The molecule has 0 aromatic rings. The van der Waals surface area contributed by atoms with Gasteiger partial charge in [-0.2, -0.15) is 0 Å². The maximum absolute atomic E-state index is 13.6. The minimum Gasteiger partial charge on any atom is -0.756 e. The Morgan fingerprint density at radius 3 is 1.12 bits per heavy atom. The number of hydrogen-bond acceptors (Lipinski definition) is 7. The molecule has 0 radical (unpaired) electrons. The summed E-state index contributed by atoms with van der Waals surface area (Å²) in [5.74, 6) is -0.524. The first-order valence-corrected chi connectivity index (χ1v) is 37.4. The van der Waals surface area contributed by atoms with Gasteiger partial charge in [0, 0.05) is 12.8 Å². The van der Waals surface area contributed by atoms with Crippen LogP contribution in [0.25, 0.3) is 0 Å². The number of nitrogens with one attached hydrogen (secondary N) is 1. The van der Waals surface area contributed by atoms with E-state index in [1.807, 2.05) is 33.3 Å². The van der Waals surface area contributed by atoms with E-state index in [1.165, 1.54) is 250 Å². The van der Waals surface area contributed by atoms with Gasteiger partial charge in [0.15, 0.2) is 0 Å². The maximum atomic E-state index is 13.6. The zero-order valence-corrected chi connectivity index (χ0v) is 56.8. The molecule has 0 aromatic heterocycles. The van der Waals surface area contributed by atoms with Crippen molar-refractivity contribution in [1.29, 1.82) is 0 Å². The summed E-state index contributed by atoms with van der Waals surface area (Å²) in [7, 11) is 1.20. The highest BCUT2D eigenvalue weighted by Crippen LogP contribution is 2.38. The van der Waals surface area contributed by atoms with Gasteiger partial charge in [-0.15, -0.1) is 0 Å². The van der Waals surface area contributed by atoms with E-state index in [4.69, 9.17) is 13.8 Å². The number of quaternary nitrogens is 1. The van der Waals surface area contributed by atoms with Crippen molar-refractivity contribution in [3.05, 3.63) is 48.6 Å². The van der Waals surface area contributed by atoms with Gasteiger partial charge in [-0.25, -0.2) is 0 Å². The van der Waals surface area contributed by atoms with Crippen molar-refractivity contribution in [3.63, 3.8) is 0 Å². The van der Waals surface area contributed by atoms with Gasteiger partial charge in [-0.1, -0.05) is 320 Å². The Hall–Kier alpha value is -2.03. The van der Waals surface area contributed by atoms with Gasteiger partial charge < -0.3 is 28.5 Å². The summed E-state index contributed by atoms with van der Waals surface area (Å²) < 4.78 is 30.4. The molecule has 3 atom stereocenters. The largest absolute Gasteiger partial charge is 0.756 e. The van der Waals surface area contributed by atoms with Crippen LogP contribution in [0.1, 0.15) is 355 Å². The second-order valence-electron chi connectivity index (χ2n) is 25.7. The van der Waals surface area contributed by atoms with E-state index in [2.05, 4.69) is 62.5 Å². The highest BCUT2D eigenvalue weighted by molar-refractivity contribution is 7.45. The van der Waals surface area contributed by atoms with Gasteiger partial charge in [0.2, 0.25) is 5.91 Å². The van der Waals surface area contributed by atoms with Crippen molar-refractivity contribution in [2.45, 2.75) is 367 Å². The zero-order chi connectivity index (χ0) is 60.7. The standard InChI is InChI=1S/C73H139N2O7P/c1-7-10-13-16-19-22-25-27-29-31-33-34-35-36-37-38-39-40-42-43-45-47-50-53-56-59-62-65-72(76)74-70(69-81-83(78,79)80-68-67-75(4,5)6)71(64-61-58-55-52-49-24-21-18-15-12-9-3)82-73(77)66-63-60-57-54-51-48-46-44-41-32-30-28-26-23-20-17-14-11-8-2/h19,22,27,29,33-34,61,64,70-71H,7-18,20-21,23-26,28,30-32,35-60,62-63,65-69H2,1-6H3,(H-,74,76,78,79)/b22-19-,29-27-,34-33-,64-61-. The number of carbonyl (C=O) groups excluding carboxylic acids is 2. The van der Waals surface area contributed by atoms with Crippen molar-refractivity contribution in [2.75, 3.05) is 40.9 Å². The molecule has 1 N–H and O–H groups in total. The van der Waals surface area contributed by atoms with E-state index in [-0.39, 0.29) is 31.5 Å². The predicted octanol–water partition coefficient (Wildman–Crippen LogP) is 22.2. The molecule has 0 spiro atoms. The van der Waals surface area contributed by atoms with E-state index in [1.54, 1.807) is 0 Å². The number of rotatable bonds is 66. The molecule has 488 valence electrons. The summed E-state index contributed by atoms with van der Waals surface area (Å²) in [4.78, 5) is 40.2. The van der Waals surface area contributed by atoms with Crippen LogP contribution in [-0.4, -0.2) is 69.4 Å². The van der Waals surface area contributed by atoms with Crippen molar-refractivity contribution in [2.24, 2.45) is 0 Å². The molecule has 0 saturated heterocycles. The van der Waals surface area contributed by atoms with E-state index < -0.39 is 20.0 Å². The monoisotopic (exact) mass is 1190 g/mol. The fraction of sp³-hybridized carbons (Fsp3) is 0.863. The van der Waals surface area contributed by atoms with E-state index in [9.17, 15) is 19.0 Å². The van der Waals surface area contributed by atoms with Crippen molar-refractivity contribution < 1.29 is 37.3 Å². The molecule has 0 bridgehead atoms. The lowest BCUT2D eigenvalue weighted by atomic mass is 10.0. The summed E-state index contributed by atoms with van der Waals surface area (Å²) in [6.07, 6.45) is 79.5. The van der Waals surface area contributed by atoms with Gasteiger partial charge in [0.25, 0.3) is 7.82 Å². The normalized spacial score (nSPS) is 13.8. The molecule has 0 aliphatic rings. The maximum Gasteiger partial charge on any atom is 0.306 e. The molecule has 10 heteroatoms. The Morgan fingerprint density at radius 2 is 0.735 bits per heavy atom. The van der Waals surface area contributed by atoms with Crippen LogP contribution in [0.2, 0.25) is 0 Å². The molecule has 1 amide bonds. The average Bonchev–Trinajstić information content (AvgIpc) is 3.51. The van der Waals surface area contributed by atoms with Gasteiger partial charge in [-0.3, -0.25) is 14.2 Å². The number of nitrogens with zero attached hydrogens (tertiary/aromatic N) is 1. The van der Waals surface area contributed by atoms with Crippen LogP contribution in [0.15, 0.2) is 48.6 Å². The second kappa shape index (κ2) is 63.0. The first kappa shape index (κ1) is 81.0. The third-order valence-electron chi connectivity index (χ3n) is 16.3. The zero-order valence-electron chi connectivity index (χ0n) is 55.9. The first-order valence-electron chi connectivity index (χ1n) is 35.9. The highest BCUT2D eigenvalue weighted by Gasteiger charge is 2.27. The summed E-state index contributed by atoms with van der Waals surface area (Å²) in [5.41, 5.74) is 0. The second-order valence-corrected chi connectivity index (χ2v) is 27.2. The molecule has 83 heavy (non-hydrogen) atoms. The van der Waals surface area contributed by atoms with E-state index >= 15 is 0 Å². The number of allylic oxidation sites excluding steroid dienone is 7. The van der Waals surface area contributed by atoms with Crippen molar-refractivity contribution >= 4 is 19.7 Å². The molecule has 0 aliphatic carbocycles. The quantitative estimate of drug-likeness (QED) is 0.0212. The van der Waals surface area contributed by atoms with Crippen LogP contribution < -0.4 is 10.2 Å². The fourth-order valence-electron chi connectivity index (χ4n) is 10.7. The number of phosphoric acid groups is 1. The van der Waals surface area contributed by atoms with Crippen LogP contribution >= 0.6 is 7.82 Å². The van der Waals surface area contributed by atoms with Crippen LogP contribution in [0.3, 0.4) is 0 Å². The Balaban J connectivity index is 4.96. The molecule has 9 nitrogen and oxygen atoms in total. The molecule has 0 saturated carbocycles. The smallest absolute Gasteiger partial charge is 0.306 e. The number of amides is 1. The third-order valence-corrected chi connectivity index (χ3v) is 17.2. The van der Waals surface area contributed by atoms with Gasteiger partial charge in [0.05, 0.1) is 33.8 Å². The minimum absolute atomic E-state index is 0.0202. The Bertz CT molecular complexity index is 1560. The van der Waals surface area contributed by atoms with Crippen LogP contribution in [0.4, 0.5) is 0 Å². The fourth-order valence-corrected chi connectivity index (χ4v) is 11.4. The molecule has 0 aromatic carbocycles. The molecule has 0 rings (SSSR count). The SMILES string of the molecule is CCCCC/C=C\C/C=C\C/C=C\CCCCCCCCCCCCCCCCC(=O)NC(COP(=O)([O-])OCC[N+](C)(C)C)C(/C=C\CCCCCCCCCCC)OC(=O)CCCCCCCCCCCCCCCCCCCCC. The van der Waals surface area contributed by atoms with Gasteiger partial charge in [-0.05, 0) is 70.3 Å². The summed E-state index contributed by atoms with van der Waals surface area (Å²) in [5, 5.41) is 3.05. The number of esters is 1. The highest BCUT2D eigenvalue weighted by atomic mass is 31.2. The molecule has 0 aliphatic heterocycles. The van der Waals surface area contributed by atoms with Crippen molar-refractivity contribution in [3.8, 4) is 0 Å². The number of carbonyl (C=O) groups is 2. The number of ether oxygens (including phenoxy) is 1. The molecule has 0 fully saturated rings. The van der Waals surface area contributed by atoms with E-state index in [0.717, 1.165) is 70.6 Å². The minimum atomic E-state index is -4.70. The lowest BCUT2D eigenvalue weighted by molar-refractivity contribution is -0.870. The summed E-state index contributed by atoms with van der Waals surface area (Å²) in [6.45, 7) is 6.87. The van der Waals surface area contributed by atoms with Crippen LogP contribution in [0.5, 0.6) is 0 Å². The van der Waals surface area contributed by atoms with Crippen molar-refractivity contribution in [1.82, 2.24) is 5.32 Å². The topological polar surface area (TPSA) is 114 Å². The van der Waals surface area contributed by atoms with Gasteiger partial charge in [0.1, 0.15) is 19.3 Å². The predicted molar refractivity (Wildman–Crippen MR) is 358 cm³/mol. The number of unbranched alkanes of at least 4 members (excludes halogenated alkanes) is 44. The third kappa shape index (κ3) is 64.3. The molecule has 0 heterocycles. The first-order chi connectivity index (χ1) is 40.4. The number of hydrogen-bond donors (Lipinski definition) is 1. The lowest BCUT2D eigenvalue weighted by Gasteiger charge is -2.30. The van der Waals surface area contributed by atoms with Gasteiger partial charge >= 0.3 is 5.97 Å². The number of phosphoric ester groups is 1. The summed E-state index contributed by atoms with van der Waals surface area (Å²) in [6, 6.07) is -0.886. The Labute approximate surface area is 516 Å². The lowest BCUT2D eigenvalue weighted by Crippen LogP contribution is -2.47. The molecular formula is C73H139N2O7P. The number of likely N-dealkylation sites (N-methyl/N-ethyl adjacent to an activating group) is 1. The average molecular weight is 1190 g/mol. The Morgan fingerprint density at radius 1 is 0.422 bits per heavy atom.